The molecule has 1 rings (SSSR count). The maximum atomic E-state index is 12.7. The Hall–Kier alpha value is -2.20. The molecule has 2 N–H and O–H groups in total. The van der Waals surface area contributed by atoms with E-state index in [2.05, 4.69) is 10.6 Å². The first-order valence-corrected chi connectivity index (χ1v) is 9.74. The molecule has 1 aromatic heterocycles. The quantitative estimate of drug-likeness (QED) is 0.493. The Labute approximate surface area is 168 Å². The predicted octanol–water partition coefficient (Wildman–Crippen LogP) is 2.17. The SMILES string of the molecule is CCOC(=O)CNC(=S)Nc1sc(C(=O)N(CC)CC)c(C)c1C(=O)OC. The van der Waals surface area contributed by atoms with E-state index >= 15 is 0 Å². The van der Waals surface area contributed by atoms with Crippen LogP contribution in [-0.2, 0) is 14.3 Å². The lowest BCUT2D eigenvalue weighted by Crippen LogP contribution is -2.34. The van der Waals surface area contributed by atoms with Crippen LogP contribution in [0.4, 0.5) is 5.00 Å². The molecule has 0 bridgehead atoms. The van der Waals surface area contributed by atoms with Gasteiger partial charge in [-0.05, 0) is 45.5 Å². The largest absolute Gasteiger partial charge is 0.465 e. The molecule has 0 fully saturated rings. The molecule has 0 aliphatic rings. The number of carbonyl (C=O) groups excluding carboxylic acids is 3. The standard InChI is InChI=1S/C17H25N3O5S2/c1-6-20(7-2)15(22)13-10(4)12(16(23)24-5)14(27-13)19-17(26)18-9-11(21)25-8-3/h6-9H2,1-5H3,(H2,18,19,26). The van der Waals surface area contributed by atoms with Gasteiger partial charge in [-0.15, -0.1) is 11.3 Å². The molecule has 0 radical (unpaired) electrons. The molecule has 0 aliphatic heterocycles. The Bertz CT molecular complexity index is 714. The molecule has 27 heavy (non-hydrogen) atoms. The number of methoxy groups -OCH3 is 1. The molecule has 1 aromatic rings. The number of amides is 1. The van der Waals surface area contributed by atoms with Crippen molar-refractivity contribution in [3.05, 3.63) is 16.0 Å². The van der Waals surface area contributed by atoms with Crippen LogP contribution in [0.2, 0.25) is 0 Å². The molecule has 0 aromatic carbocycles. The van der Waals surface area contributed by atoms with E-state index in [0.717, 1.165) is 11.3 Å². The molecule has 0 saturated carbocycles. The van der Waals surface area contributed by atoms with Crippen molar-refractivity contribution in [3.8, 4) is 0 Å². The summed E-state index contributed by atoms with van der Waals surface area (Å²) in [6.45, 7) is 8.46. The van der Waals surface area contributed by atoms with Crippen LogP contribution in [0, 0.1) is 6.92 Å². The summed E-state index contributed by atoms with van der Waals surface area (Å²) in [5.41, 5.74) is 0.776. The van der Waals surface area contributed by atoms with E-state index in [1.807, 2.05) is 13.8 Å². The fraction of sp³-hybridized carbons (Fsp3) is 0.529. The highest BCUT2D eigenvalue weighted by Gasteiger charge is 2.27. The molecule has 0 atom stereocenters. The fourth-order valence-corrected chi connectivity index (χ4v) is 3.73. The number of esters is 2. The topological polar surface area (TPSA) is 97.0 Å². The van der Waals surface area contributed by atoms with Gasteiger partial charge in [-0.25, -0.2) is 4.79 Å². The highest BCUT2D eigenvalue weighted by molar-refractivity contribution is 7.80. The van der Waals surface area contributed by atoms with Crippen molar-refractivity contribution in [3.63, 3.8) is 0 Å². The Morgan fingerprint density at radius 1 is 1.19 bits per heavy atom. The van der Waals surface area contributed by atoms with Gasteiger partial charge in [0.05, 0.1) is 24.2 Å². The third kappa shape index (κ3) is 5.90. The number of rotatable bonds is 8. The number of carbonyl (C=O) groups is 3. The summed E-state index contributed by atoms with van der Waals surface area (Å²) in [6, 6.07) is 0. The van der Waals surface area contributed by atoms with Gasteiger partial charge in [-0.3, -0.25) is 9.59 Å². The van der Waals surface area contributed by atoms with Crippen LogP contribution < -0.4 is 10.6 Å². The smallest absolute Gasteiger partial charge is 0.341 e. The van der Waals surface area contributed by atoms with Crippen molar-refractivity contribution < 1.29 is 23.9 Å². The van der Waals surface area contributed by atoms with Gasteiger partial charge in [0.15, 0.2) is 5.11 Å². The molecule has 0 unspecified atom stereocenters. The van der Waals surface area contributed by atoms with E-state index in [4.69, 9.17) is 21.7 Å². The lowest BCUT2D eigenvalue weighted by Gasteiger charge is -2.17. The Morgan fingerprint density at radius 3 is 2.33 bits per heavy atom. The molecular weight excluding hydrogens is 390 g/mol. The molecule has 1 heterocycles. The summed E-state index contributed by atoms with van der Waals surface area (Å²) in [4.78, 5) is 38.5. The van der Waals surface area contributed by atoms with Gasteiger partial charge < -0.3 is 25.0 Å². The zero-order valence-electron chi connectivity index (χ0n) is 16.1. The lowest BCUT2D eigenvalue weighted by atomic mass is 10.1. The maximum Gasteiger partial charge on any atom is 0.341 e. The second-order valence-electron chi connectivity index (χ2n) is 5.34. The van der Waals surface area contributed by atoms with Crippen molar-refractivity contribution in [2.24, 2.45) is 0 Å². The van der Waals surface area contributed by atoms with E-state index in [-0.39, 0.29) is 29.7 Å². The number of nitrogens with one attached hydrogen (secondary N) is 2. The normalized spacial score (nSPS) is 10.1. The third-order valence-electron chi connectivity index (χ3n) is 3.71. The van der Waals surface area contributed by atoms with Gasteiger partial charge >= 0.3 is 11.9 Å². The number of thiocarbonyl (C=S) groups is 1. The van der Waals surface area contributed by atoms with Crippen molar-refractivity contribution >= 4 is 51.5 Å². The molecule has 10 heteroatoms. The van der Waals surface area contributed by atoms with Gasteiger partial charge in [-0.1, -0.05) is 0 Å². The molecule has 8 nitrogen and oxygen atoms in total. The van der Waals surface area contributed by atoms with Crippen LogP contribution >= 0.6 is 23.6 Å². The van der Waals surface area contributed by atoms with Gasteiger partial charge in [0, 0.05) is 13.1 Å². The average Bonchev–Trinajstić information content (AvgIpc) is 2.96. The minimum atomic E-state index is -0.571. The van der Waals surface area contributed by atoms with E-state index < -0.39 is 11.9 Å². The number of thiophene rings is 1. The second kappa shape index (κ2) is 10.8. The van der Waals surface area contributed by atoms with Crippen LogP contribution in [0.5, 0.6) is 0 Å². The summed E-state index contributed by atoms with van der Waals surface area (Å²) >= 11 is 6.29. The van der Waals surface area contributed by atoms with Crippen LogP contribution in [-0.4, -0.2) is 61.2 Å². The first kappa shape index (κ1) is 22.8. The Kier molecular flexibility index (Phi) is 9.16. The van der Waals surface area contributed by atoms with E-state index in [1.165, 1.54) is 7.11 Å². The maximum absolute atomic E-state index is 12.7. The first-order valence-electron chi connectivity index (χ1n) is 8.51. The Balaban J connectivity index is 3.09. The van der Waals surface area contributed by atoms with Crippen molar-refractivity contribution in [1.82, 2.24) is 10.2 Å². The minimum Gasteiger partial charge on any atom is -0.465 e. The van der Waals surface area contributed by atoms with Crippen LogP contribution in [0.25, 0.3) is 0 Å². The lowest BCUT2D eigenvalue weighted by molar-refractivity contribution is -0.141. The zero-order valence-corrected chi connectivity index (χ0v) is 17.8. The van der Waals surface area contributed by atoms with E-state index in [9.17, 15) is 14.4 Å². The molecule has 0 aliphatic carbocycles. The highest BCUT2D eigenvalue weighted by atomic mass is 32.1. The van der Waals surface area contributed by atoms with Gasteiger partial charge in [-0.2, -0.15) is 0 Å². The van der Waals surface area contributed by atoms with Crippen molar-refractivity contribution in [2.75, 3.05) is 38.7 Å². The molecule has 0 spiro atoms. The Morgan fingerprint density at radius 2 is 1.81 bits per heavy atom. The van der Waals surface area contributed by atoms with Crippen LogP contribution in [0.15, 0.2) is 0 Å². The molecule has 0 saturated heterocycles. The number of hydrogen-bond donors (Lipinski definition) is 2. The molecular formula is C17H25N3O5S2. The third-order valence-corrected chi connectivity index (χ3v) is 5.15. The summed E-state index contributed by atoms with van der Waals surface area (Å²) in [6.07, 6.45) is 0. The average molecular weight is 416 g/mol. The van der Waals surface area contributed by atoms with Crippen LogP contribution in [0.3, 0.4) is 0 Å². The molecule has 150 valence electrons. The summed E-state index contributed by atoms with van der Waals surface area (Å²) in [5, 5.41) is 6.10. The van der Waals surface area contributed by atoms with Crippen LogP contribution in [0.1, 0.15) is 46.4 Å². The predicted molar refractivity (Wildman–Crippen MR) is 109 cm³/mol. The van der Waals surface area contributed by atoms with Crippen molar-refractivity contribution in [2.45, 2.75) is 27.7 Å². The molecule has 1 amide bonds. The monoisotopic (exact) mass is 415 g/mol. The minimum absolute atomic E-state index is 0.108. The van der Waals surface area contributed by atoms with Crippen molar-refractivity contribution in [1.29, 1.82) is 0 Å². The number of anilines is 1. The first-order chi connectivity index (χ1) is 12.8. The summed E-state index contributed by atoms with van der Waals surface area (Å²) in [7, 11) is 1.27. The number of nitrogens with zero attached hydrogens (tertiary/aromatic N) is 1. The van der Waals surface area contributed by atoms with Gasteiger partial charge in [0.25, 0.3) is 5.91 Å². The van der Waals surface area contributed by atoms with Gasteiger partial charge in [0.2, 0.25) is 0 Å². The zero-order chi connectivity index (χ0) is 20.6. The number of hydrogen-bond acceptors (Lipinski definition) is 7. The summed E-state index contributed by atoms with van der Waals surface area (Å²) < 4.78 is 9.66. The number of ether oxygens (including phenoxy) is 2. The van der Waals surface area contributed by atoms with E-state index in [1.54, 1.807) is 18.7 Å². The van der Waals surface area contributed by atoms with Gasteiger partial charge in [0.1, 0.15) is 11.5 Å². The second-order valence-corrected chi connectivity index (χ2v) is 6.77. The fourth-order valence-electron chi connectivity index (χ4n) is 2.32. The highest BCUT2D eigenvalue weighted by Crippen LogP contribution is 2.34. The van der Waals surface area contributed by atoms with E-state index in [0.29, 0.717) is 28.5 Å². The summed E-state index contributed by atoms with van der Waals surface area (Å²) in [5.74, 6) is -1.18.